The van der Waals surface area contributed by atoms with Gasteiger partial charge in [0.05, 0.1) is 5.69 Å². The normalized spacial score (nSPS) is 17.5. The Bertz CT molecular complexity index is 561. The van der Waals surface area contributed by atoms with E-state index in [0.29, 0.717) is 12.2 Å². The molecule has 0 saturated heterocycles. The zero-order chi connectivity index (χ0) is 14.3. The van der Waals surface area contributed by atoms with Crippen LogP contribution in [0.4, 0.5) is 5.69 Å². The van der Waals surface area contributed by atoms with E-state index in [2.05, 4.69) is 6.58 Å². The van der Waals surface area contributed by atoms with Crippen LogP contribution in [0.25, 0.3) is 0 Å². The summed E-state index contributed by atoms with van der Waals surface area (Å²) in [6.45, 7) is 11.8. The monoisotopic (exact) mass is 259 g/mol. The first-order valence-corrected chi connectivity index (χ1v) is 6.60. The largest absolute Gasteiger partial charge is 0.507 e. The van der Waals surface area contributed by atoms with Gasteiger partial charge in [-0.1, -0.05) is 12.2 Å². The van der Waals surface area contributed by atoms with Gasteiger partial charge in [-0.3, -0.25) is 4.79 Å². The van der Waals surface area contributed by atoms with Crippen molar-refractivity contribution in [2.45, 2.75) is 46.6 Å². The third-order valence-electron chi connectivity index (χ3n) is 4.03. The maximum Gasteiger partial charge on any atom is 0.214 e. The van der Waals surface area contributed by atoms with Crippen LogP contribution < -0.4 is 4.90 Å². The minimum absolute atomic E-state index is 0.149. The lowest BCUT2D eigenvalue weighted by atomic mass is 9.91. The van der Waals surface area contributed by atoms with Crippen LogP contribution in [0.1, 0.15) is 36.1 Å². The Kier molecular flexibility index (Phi) is 3.40. The third-order valence-corrected chi connectivity index (χ3v) is 4.03. The van der Waals surface area contributed by atoms with E-state index in [0.717, 1.165) is 46.3 Å². The summed E-state index contributed by atoms with van der Waals surface area (Å²) in [7, 11) is 0. The van der Waals surface area contributed by atoms with Crippen LogP contribution in [0.15, 0.2) is 12.2 Å². The predicted octanol–water partition coefficient (Wildman–Crippen LogP) is 3.04. The van der Waals surface area contributed by atoms with Gasteiger partial charge in [0.25, 0.3) is 0 Å². The van der Waals surface area contributed by atoms with E-state index in [1.807, 2.05) is 27.7 Å². The van der Waals surface area contributed by atoms with Crippen LogP contribution in [-0.4, -0.2) is 17.6 Å². The van der Waals surface area contributed by atoms with Gasteiger partial charge < -0.3 is 10.0 Å². The van der Waals surface area contributed by atoms with E-state index in [4.69, 9.17) is 0 Å². The molecule has 1 aliphatic heterocycles. The number of aromatic hydroxyl groups is 1. The van der Waals surface area contributed by atoms with E-state index < -0.39 is 0 Å². The summed E-state index contributed by atoms with van der Waals surface area (Å²) in [6.07, 6.45) is 2.35. The first kappa shape index (κ1) is 13.7. The Hall–Kier alpha value is -1.77. The van der Waals surface area contributed by atoms with Gasteiger partial charge in [-0.05, 0) is 57.2 Å². The van der Waals surface area contributed by atoms with Gasteiger partial charge in [-0.25, -0.2) is 0 Å². The molecule has 0 fully saturated rings. The molecule has 1 atom stereocenters. The van der Waals surface area contributed by atoms with Crippen molar-refractivity contribution in [3.63, 3.8) is 0 Å². The number of hydrogen-bond donors (Lipinski definition) is 1. The highest BCUT2D eigenvalue weighted by Gasteiger charge is 2.32. The highest BCUT2D eigenvalue weighted by Crippen LogP contribution is 2.43. The molecule has 1 amide bonds. The van der Waals surface area contributed by atoms with E-state index in [1.165, 1.54) is 0 Å². The highest BCUT2D eigenvalue weighted by atomic mass is 16.3. The quantitative estimate of drug-likeness (QED) is 0.669. The molecular formula is C16H21NO2. The number of hydrogen-bond acceptors (Lipinski definition) is 2. The highest BCUT2D eigenvalue weighted by molar-refractivity contribution is 5.85. The van der Waals surface area contributed by atoms with E-state index >= 15 is 0 Å². The molecule has 3 nitrogen and oxygen atoms in total. The second-order valence-electron chi connectivity index (χ2n) is 5.60. The zero-order valence-corrected chi connectivity index (χ0v) is 12.1. The Morgan fingerprint density at radius 1 is 1.47 bits per heavy atom. The van der Waals surface area contributed by atoms with Crippen molar-refractivity contribution in [1.29, 1.82) is 0 Å². The smallest absolute Gasteiger partial charge is 0.214 e. The van der Waals surface area contributed by atoms with Crippen LogP contribution in [0, 0.1) is 13.8 Å². The molecule has 0 bridgehead atoms. The second kappa shape index (κ2) is 4.72. The van der Waals surface area contributed by atoms with E-state index in [1.54, 1.807) is 4.90 Å². The summed E-state index contributed by atoms with van der Waals surface area (Å²) >= 11 is 0. The molecule has 1 unspecified atom stereocenters. The minimum atomic E-state index is 0.149. The van der Waals surface area contributed by atoms with Crippen LogP contribution in [0.5, 0.6) is 5.75 Å². The number of fused-ring (bicyclic) bond motifs is 1. The number of benzene rings is 1. The topological polar surface area (TPSA) is 40.5 Å². The number of rotatable bonds is 3. The maximum atomic E-state index is 11.3. The number of phenols is 1. The summed E-state index contributed by atoms with van der Waals surface area (Å²) in [6, 6.07) is 0.149. The maximum absolute atomic E-state index is 11.3. The average molecular weight is 259 g/mol. The summed E-state index contributed by atoms with van der Waals surface area (Å²) in [5.41, 5.74) is 5.88. The molecule has 1 heterocycles. The molecule has 102 valence electrons. The molecular weight excluding hydrogens is 238 g/mol. The number of carbonyl (C=O) groups excluding carboxylic acids is 1. The zero-order valence-electron chi connectivity index (χ0n) is 12.1. The summed E-state index contributed by atoms with van der Waals surface area (Å²) in [5, 5.41) is 10.4. The number of anilines is 1. The summed E-state index contributed by atoms with van der Waals surface area (Å²) in [5.74, 6) is 0.360. The van der Waals surface area contributed by atoms with Gasteiger partial charge >= 0.3 is 0 Å². The number of allylic oxidation sites excluding steroid dienone is 1. The van der Waals surface area contributed by atoms with Crippen molar-refractivity contribution in [3.05, 3.63) is 34.4 Å². The molecule has 0 spiro atoms. The van der Waals surface area contributed by atoms with Crippen molar-refractivity contribution < 1.29 is 9.90 Å². The number of nitrogens with zero attached hydrogens (tertiary/aromatic N) is 1. The lowest BCUT2D eigenvalue weighted by Gasteiger charge is -2.21. The van der Waals surface area contributed by atoms with E-state index in [9.17, 15) is 9.90 Å². The van der Waals surface area contributed by atoms with Gasteiger partial charge in [0.15, 0.2) is 0 Å². The molecule has 0 aromatic heterocycles. The van der Waals surface area contributed by atoms with Gasteiger partial charge in [0.2, 0.25) is 6.41 Å². The van der Waals surface area contributed by atoms with Crippen LogP contribution in [0.3, 0.4) is 0 Å². The fraction of sp³-hybridized carbons (Fsp3) is 0.438. The Labute approximate surface area is 114 Å². The molecule has 19 heavy (non-hydrogen) atoms. The standard InChI is InChI=1S/C16H21NO2/c1-9(2)6-14-13-7-10(3)17(8-18)15(13)11(4)12(5)16(14)19/h8,10,19H,1,6-7H2,2-5H3. The predicted molar refractivity (Wildman–Crippen MR) is 77.8 cm³/mol. The molecule has 1 aromatic carbocycles. The minimum Gasteiger partial charge on any atom is -0.507 e. The molecule has 1 aromatic rings. The van der Waals surface area contributed by atoms with Gasteiger partial charge in [0.1, 0.15) is 5.75 Å². The van der Waals surface area contributed by atoms with Gasteiger partial charge in [-0.15, -0.1) is 0 Å². The number of amides is 1. The molecule has 0 aliphatic carbocycles. The molecule has 3 heteroatoms. The van der Waals surface area contributed by atoms with Crippen molar-refractivity contribution in [1.82, 2.24) is 0 Å². The third kappa shape index (κ3) is 2.03. The molecule has 2 rings (SSSR count). The van der Waals surface area contributed by atoms with Gasteiger partial charge in [-0.2, -0.15) is 0 Å². The lowest BCUT2D eigenvalue weighted by Crippen LogP contribution is -2.27. The van der Waals surface area contributed by atoms with E-state index in [-0.39, 0.29) is 6.04 Å². The summed E-state index contributed by atoms with van der Waals surface area (Å²) in [4.78, 5) is 13.1. The van der Waals surface area contributed by atoms with Crippen LogP contribution in [0.2, 0.25) is 0 Å². The molecule has 1 aliphatic rings. The molecule has 0 radical (unpaired) electrons. The SMILES string of the molecule is C=C(C)Cc1c(O)c(C)c(C)c2c1CC(C)N2C=O. The fourth-order valence-electron chi connectivity index (χ4n) is 2.93. The van der Waals surface area contributed by atoms with Crippen LogP contribution in [-0.2, 0) is 17.6 Å². The Morgan fingerprint density at radius 2 is 2.11 bits per heavy atom. The van der Waals surface area contributed by atoms with Crippen molar-refractivity contribution in [2.24, 2.45) is 0 Å². The fourth-order valence-corrected chi connectivity index (χ4v) is 2.93. The Balaban J connectivity index is 2.72. The Morgan fingerprint density at radius 3 is 2.63 bits per heavy atom. The average Bonchev–Trinajstić information content (AvgIpc) is 2.68. The first-order chi connectivity index (χ1) is 8.88. The second-order valence-corrected chi connectivity index (χ2v) is 5.60. The number of phenolic OH excluding ortho intramolecular Hbond substituents is 1. The van der Waals surface area contributed by atoms with Crippen molar-refractivity contribution >= 4 is 12.1 Å². The van der Waals surface area contributed by atoms with Crippen molar-refractivity contribution in [2.75, 3.05) is 4.90 Å². The first-order valence-electron chi connectivity index (χ1n) is 6.60. The molecule has 0 saturated carbocycles. The molecule has 1 N–H and O–H groups in total. The van der Waals surface area contributed by atoms with Gasteiger partial charge in [0, 0.05) is 11.6 Å². The van der Waals surface area contributed by atoms with Crippen molar-refractivity contribution in [3.8, 4) is 5.75 Å². The lowest BCUT2D eigenvalue weighted by molar-refractivity contribution is -0.107. The number of carbonyl (C=O) groups is 1. The summed E-state index contributed by atoms with van der Waals surface area (Å²) < 4.78 is 0. The van der Waals surface area contributed by atoms with Crippen LogP contribution >= 0.6 is 0 Å².